The topological polar surface area (TPSA) is 366 Å². The van der Waals surface area contributed by atoms with Crippen LogP contribution in [0.2, 0.25) is 0 Å². The van der Waals surface area contributed by atoms with E-state index in [1.165, 1.54) is 18.2 Å². The molecule has 73 heavy (non-hydrogen) atoms. The summed E-state index contributed by atoms with van der Waals surface area (Å²) in [5, 5.41) is 42.7. The van der Waals surface area contributed by atoms with Crippen LogP contribution in [0.25, 0.3) is 10.9 Å². The number of benzene rings is 2. The van der Waals surface area contributed by atoms with Crippen LogP contribution in [-0.2, 0) is 59.2 Å². The molecule has 26 heteroatoms. The summed E-state index contributed by atoms with van der Waals surface area (Å²) in [6.07, 6.45) is 0.188. The fourth-order valence-electron chi connectivity index (χ4n) is 8.49. The number of para-hydroxylation sites is 2. The van der Waals surface area contributed by atoms with Gasteiger partial charge in [0.25, 0.3) is 17.5 Å². The summed E-state index contributed by atoms with van der Waals surface area (Å²) in [5.74, 6) is -8.83. The van der Waals surface area contributed by atoms with Gasteiger partial charge in [0.2, 0.25) is 29.5 Å². The van der Waals surface area contributed by atoms with Crippen molar-refractivity contribution in [1.82, 2.24) is 46.0 Å². The second-order valence-electron chi connectivity index (χ2n) is 17.7. The standard InChI is InChI=1S/C47H61N11O15/c48-38(59)12-11-35(47(70)53-36(24-31-26-51-34-9-3-1-7-32(31)34)46(69)50-17-15-45(68)73-57-41(62)13-14-42(57)63)52-39(60)25-30(33-8-2-4-10-37(33)58(71)72)6-5-16-49-40(61)27-54-18-20-55(28-43(64)65)22-23-56(21-19-54)29-44(66)67/h1-4,7-10,26,30,35-36,51H,5-6,11-25,27-29H2,(H2,48,59)(H,49,61)(H,50,69)(H,52,60)(H,53,70)(H,64,65)(H,66,67)/t30?,35-,36-/m0/s1. The molecule has 0 radical (unpaired) electrons. The van der Waals surface area contributed by atoms with Gasteiger partial charge < -0.3 is 47.0 Å². The molecule has 7 amide bonds. The van der Waals surface area contributed by atoms with Crippen LogP contribution < -0.4 is 27.0 Å². The lowest BCUT2D eigenvalue weighted by Crippen LogP contribution is -2.54. The average molecular weight is 1020 g/mol. The number of primary amides is 1. The first-order valence-electron chi connectivity index (χ1n) is 23.7. The van der Waals surface area contributed by atoms with E-state index in [0.29, 0.717) is 49.9 Å². The molecular formula is C47H61N11O15. The third-order valence-electron chi connectivity index (χ3n) is 12.2. The van der Waals surface area contributed by atoms with E-state index in [0.717, 1.165) is 10.9 Å². The Balaban J connectivity index is 1.25. The van der Waals surface area contributed by atoms with Crippen molar-refractivity contribution in [3.8, 4) is 0 Å². The highest BCUT2D eigenvalue weighted by molar-refractivity contribution is 6.01. The van der Waals surface area contributed by atoms with Gasteiger partial charge in [0.05, 0.1) is 31.0 Å². The molecule has 2 aliphatic heterocycles. The van der Waals surface area contributed by atoms with Crippen molar-refractivity contribution in [3.63, 3.8) is 0 Å². The van der Waals surface area contributed by atoms with Gasteiger partial charge in [-0.15, -0.1) is 5.06 Å². The molecule has 9 N–H and O–H groups in total. The van der Waals surface area contributed by atoms with Gasteiger partial charge in [0.15, 0.2) is 0 Å². The first kappa shape index (κ1) is 56.1. The zero-order chi connectivity index (χ0) is 53.0. The summed E-state index contributed by atoms with van der Waals surface area (Å²) >= 11 is 0. The van der Waals surface area contributed by atoms with Crippen LogP contribution in [0.5, 0.6) is 0 Å². The van der Waals surface area contributed by atoms with E-state index in [4.69, 9.17) is 10.6 Å². The molecule has 3 aromatic rings. The number of aromatic nitrogens is 1. The molecule has 2 aliphatic rings. The lowest BCUT2D eigenvalue weighted by atomic mass is 9.89. The number of rotatable bonds is 27. The lowest BCUT2D eigenvalue weighted by molar-refractivity contribution is -0.385. The van der Waals surface area contributed by atoms with Crippen LogP contribution in [0.1, 0.15) is 68.4 Å². The summed E-state index contributed by atoms with van der Waals surface area (Å²) in [6.45, 7) is 1.12. The predicted octanol–water partition coefficient (Wildman–Crippen LogP) is -0.874. The number of carbonyl (C=O) groups is 10. The monoisotopic (exact) mass is 1020 g/mol. The number of hydroxylamine groups is 2. The Labute approximate surface area is 418 Å². The summed E-state index contributed by atoms with van der Waals surface area (Å²) in [7, 11) is 0. The predicted molar refractivity (Wildman–Crippen MR) is 256 cm³/mol. The number of fused-ring (bicyclic) bond motifs is 1. The van der Waals surface area contributed by atoms with Gasteiger partial charge in [-0.2, -0.15) is 0 Å². The van der Waals surface area contributed by atoms with Crippen LogP contribution in [0, 0.1) is 10.1 Å². The maximum atomic E-state index is 14.1. The zero-order valence-corrected chi connectivity index (χ0v) is 40.1. The first-order valence-corrected chi connectivity index (χ1v) is 23.7. The lowest BCUT2D eigenvalue weighted by Gasteiger charge is -2.25. The highest BCUT2D eigenvalue weighted by Gasteiger charge is 2.34. The quantitative estimate of drug-likeness (QED) is 0.0199. The van der Waals surface area contributed by atoms with Crippen molar-refractivity contribution >= 4 is 75.8 Å². The zero-order valence-electron chi connectivity index (χ0n) is 40.1. The van der Waals surface area contributed by atoms with Crippen LogP contribution in [0.4, 0.5) is 5.69 Å². The van der Waals surface area contributed by atoms with Crippen molar-refractivity contribution in [3.05, 3.63) is 76.0 Å². The molecule has 3 heterocycles. The molecule has 26 nitrogen and oxygen atoms in total. The number of H-pyrrole nitrogens is 1. The van der Waals surface area contributed by atoms with E-state index in [9.17, 15) is 68.3 Å². The Morgan fingerprint density at radius 2 is 1.33 bits per heavy atom. The van der Waals surface area contributed by atoms with E-state index < -0.39 is 89.1 Å². The number of nitrogens with two attached hydrogens (primary N) is 1. The number of nitrogens with one attached hydrogen (secondary N) is 5. The Hall–Kier alpha value is -7.84. The number of amides is 7. The minimum Gasteiger partial charge on any atom is -0.480 e. The minimum absolute atomic E-state index is 0.0866. The molecule has 0 saturated carbocycles. The van der Waals surface area contributed by atoms with Gasteiger partial charge in [-0.05, 0) is 36.8 Å². The van der Waals surface area contributed by atoms with Gasteiger partial charge in [-0.25, -0.2) is 4.79 Å². The molecule has 1 unspecified atom stereocenters. The highest BCUT2D eigenvalue weighted by atomic mass is 16.7. The molecule has 2 fully saturated rings. The van der Waals surface area contributed by atoms with Gasteiger partial charge in [0, 0.05) is 113 Å². The minimum atomic E-state index is -1.45. The number of hydrogen-bond donors (Lipinski definition) is 8. The van der Waals surface area contributed by atoms with Gasteiger partial charge in [0.1, 0.15) is 12.1 Å². The van der Waals surface area contributed by atoms with Crippen molar-refractivity contribution < 1.29 is 67.9 Å². The van der Waals surface area contributed by atoms with Crippen LogP contribution in [0.3, 0.4) is 0 Å². The SMILES string of the molecule is NC(=O)CC[C@H](NC(=O)CC(CCCNC(=O)CN1CCN(CC(=O)O)CCN(CC(=O)O)CC1)c1ccccc1[N+](=O)[O-])C(=O)N[C@@H](Cc1c[nH]c2ccccc12)C(=O)NCCC(=O)ON1C(=O)CCC1=O. The second kappa shape index (κ2) is 27.7. The summed E-state index contributed by atoms with van der Waals surface area (Å²) in [6, 6.07) is 10.2. The summed E-state index contributed by atoms with van der Waals surface area (Å²) < 4.78 is 0. The molecule has 1 aromatic heterocycles. The molecule has 2 saturated heterocycles. The Morgan fingerprint density at radius 3 is 1.95 bits per heavy atom. The fraction of sp³-hybridized carbons (Fsp3) is 0.489. The number of imide groups is 1. The van der Waals surface area contributed by atoms with Gasteiger partial charge >= 0.3 is 17.9 Å². The number of aliphatic carboxylic acids is 2. The Bertz CT molecular complexity index is 2470. The number of carboxylic acid groups (broad SMARTS) is 2. The molecule has 394 valence electrons. The maximum absolute atomic E-state index is 14.1. The average Bonchev–Trinajstić information content (AvgIpc) is 3.92. The van der Waals surface area contributed by atoms with E-state index in [1.54, 1.807) is 51.2 Å². The largest absolute Gasteiger partial charge is 0.480 e. The fourth-order valence-corrected chi connectivity index (χ4v) is 8.49. The molecular weight excluding hydrogens is 959 g/mol. The molecule has 5 rings (SSSR count). The normalized spacial score (nSPS) is 16.0. The van der Waals surface area contributed by atoms with Crippen LogP contribution >= 0.6 is 0 Å². The number of hydrogen-bond acceptors (Lipinski definition) is 16. The van der Waals surface area contributed by atoms with Crippen molar-refractivity contribution in [2.75, 3.05) is 72.0 Å². The van der Waals surface area contributed by atoms with Gasteiger partial charge in [-0.3, -0.25) is 68.0 Å². The number of nitrogens with zero attached hydrogens (tertiary/aromatic N) is 5. The van der Waals surface area contributed by atoms with E-state index in [-0.39, 0.29) is 94.8 Å². The Morgan fingerprint density at radius 1 is 0.726 bits per heavy atom. The first-order chi connectivity index (χ1) is 34.9. The number of aromatic amines is 1. The number of carbonyl (C=O) groups excluding carboxylic acids is 8. The van der Waals surface area contributed by atoms with Crippen LogP contribution in [0.15, 0.2) is 54.7 Å². The maximum Gasteiger partial charge on any atom is 0.334 e. The van der Waals surface area contributed by atoms with E-state index in [2.05, 4.69) is 26.3 Å². The van der Waals surface area contributed by atoms with Gasteiger partial charge in [-0.1, -0.05) is 36.4 Å². The third-order valence-corrected chi connectivity index (χ3v) is 12.2. The van der Waals surface area contributed by atoms with Crippen molar-refractivity contribution in [1.29, 1.82) is 0 Å². The molecule has 3 atom stereocenters. The number of nitro benzene ring substituents is 1. The summed E-state index contributed by atoms with van der Waals surface area (Å²) in [4.78, 5) is 151. The molecule has 0 aliphatic carbocycles. The number of carboxylic acids is 2. The third kappa shape index (κ3) is 18.1. The van der Waals surface area contributed by atoms with E-state index in [1.807, 2.05) is 0 Å². The van der Waals surface area contributed by atoms with Crippen molar-refractivity contribution in [2.45, 2.75) is 75.8 Å². The molecule has 2 aromatic carbocycles. The number of nitro groups is 1. The van der Waals surface area contributed by atoms with Crippen molar-refractivity contribution in [2.24, 2.45) is 5.73 Å². The second-order valence-corrected chi connectivity index (χ2v) is 17.7. The molecule has 0 bridgehead atoms. The highest BCUT2D eigenvalue weighted by Crippen LogP contribution is 2.32. The Kier molecular flexibility index (Phi) is 21.3. The smallest absolute Gasteiger partial charge is 0.334 e. The summed E-state index contributed by atoms with van der Waals surface area (Å²) in [5.41, 5.74) is 6.73. The molecule has 0 spiro atoms. The van der Waals surface area contributed by atoms with E-state index >= 15 is 0 Å². The van der Waals surface area contributed by atoms with Crippen LogP contribution in [-0.4, -0.2) is 183 Å².